The monoisotopic (exact) mass is 280 g/mol. The van der Waals surface area contributed by atoms with E-state index in [4.69, 9.17) is 0 Å². The maximum absolute atomic E-state index is 11.1. The van der Waals surface area contributed by atoms with Crippen LogP contribution in [0, 0.1) is 0 Å². The Morgan fingerprint density at radius 2 is 2.29 bits per heavy atom. The smallest absolute Gasteiger partial charge is 0.239 e. The Bertz CT molecular complexity index is 438. The summed E-state index contributed by atoms with van der Waals surface area (Å²) >= 11 is 3.16. The molecule has 78 valence electrons. The molecule has 0 radical (unpaired) electrons. The van der Waals surface area contributed by atoms with Gasteiger partial charge in [-0.1, -0.05) is 0 Å². The molecule has 0 saturated heterocycles. The number of aromatic nitrogens is 1. The third-order valence-corrected chi connectivity index (χ3v) is 2.57. The van der Waals surface area contributed by atoms with Crippen molar-refractivity contribution in [3.05, 3.63) is 16.9 Å². The van der Waals surface area contributed by atoms with Gasteiger partial charge in [-0.2, -0.15) is 0 Å². The van der Waals surface area contributed by atoms with E-state index in [1.807, 2.05) is 0 Å². The molecule has 0 atom stereocenters. The molecule has 5 nitrogen and oxygen atoms in total. The highest BCUT2D eigenvalue weighted by Crippen LogP contribution is 2.14. The third-order valence-electron chi connectivity index (χ3n) is 1.32. The number of nitrogens with one attached hydrogen (secondary N) is 2. The van der Waals surface area contributed by atoms with Gasteiger partial charge < -0.3 is 10.3 Å². The van der Waals surface area contributed by atoms with Crippen LogP contribution >= 0.6 is 15.9 Å². The first-order valence-corrected chi connectivity index (χ1v) is 6.54. The van der Waals surface area contributed by atoms with Crippen LogP contribution in [-0.4, -0.2) is 31.3 Å². The number of aromatic amines is 1. The van der Waals surface area contributed by atoms with E-state index in [1.54, 1.807) is 12.3 Å². The summed E-state index contributed by atoms with van der Waals surface area (Å²) in [6.45, 7) is 0. The molecule has 0 aromatic carbocycles. The first-order valence-electron chi connectivity index (χ1n) is 3.68. The van der Waals surface area contributed by atoms with E-state index in [0.29, 0.717) is 10.3 Å². The molecular formula is C7H9BrN2O3S. The number of hydrogen-bond acceptors (Lipinski definition) is 3. The van der Waals surface area contributed by atoms with Crippen LogP contribution in [0.4, 0.5) is 5.69 Å². The van der Waals surface area contributed by atoms with Crippen molar-refractivity contribution in [2.24, 2.45) is 0 Å². The second-order valence-electron chi connectivity index (χ2n) is 2.85. The van der Waals surface area contributed by atoms with Gasteiger partial charge in [0.2, 0.25) is 5.91 Å². The van der Waals surface area contributed by atoms with Gasteiger partial charge in [-0.25, -0.2) is 8.42 Å². The molecule has 1 aromatic rings. The van der Waals surface area contributed by atoms with Crippen LogP contribution in [0.3, 0.4) is 0 Å². The van der Waals surface area contributed by atoms with Crippen LogP contribution in [0.15, 0.2) is 16.9 Å². The number of amides is 1. The number of halogens is 1. The van der Waals surface area contributed by atoms with Crippen molar-refractivity contribution < 1.29 is 13.2 Å². The van der Waals surface area contributed by atoms with E-state index in [2.05, 4.69) is 26.2 Å². The Morgan fingerprint density at radius 3 is 2.71 bits per heavy atom. The Morgan fingerprint density at radius 1 is 1.64 bits per heavy atom. The van der Waals surface area contributed by atoms with E-state index >= 15 is 0 Å². The fourth-order valence-corrected chi connectivity index (χ4v) is 1.78. The van der Waals surface area contributed by atoms with Crippen LogP contribution in [0.5, 0.6) is 0 Å². The zero-order valence-corrected chi connectivity index (χ0v) is 9.78. The Balaban J connectivity index is 2.58. The fourth-order valence-electron chi connectivity index (χ4n) is 0.874. The molecular weight excluding hydrogens is 272 g/mol. The standard InChI is InChI=1S/C7H9BrN2O3S/c1-14(12,13)4-7(11)10-5-2-6(8)9-3-5/h2-3,9H,4H2,1H3,(H,10,11). The quantitative estimate of drug-likeness (QED) is 0.858. The summed E-state index contributed by atoms with van der Waals surface area (Å²) in [4.78, 5) is 13.9. The van der Waals surface area contributed by atoms with Crippen molar-refractivity contribution in [1.29, 1.82) is 0 Å². The van der Waals surface area contributed by atoms with E-state index in [9.17, 15) is 13.2 Å². The second-order valence-corrected chi connectivity index (χ2v) is 5.85. The van der Waals surface area contributed by atoms with Gasteiger partial charge in [-0.05, 0) is 22.0 Å². The van der Waals surface area contributed by atoms with E-state index in [-0.39, 0.29) is 0 Å². The summed E-state index contributed by atoms with van der Waals surface area (Å²) in [5, 5.41) is 2.44. The molecule has 1 aromatic heterocycles. The first kappa shape index (κ1) is 11.3. The predicted molar refractivity (Wildman–Crippen MR) is 56.8 cm³/mol. The van der Waals surface area contributed by atoms with Crippen molar-refractivity contribution in [1.82, 2.24) is 4.98 Å². The average molecular weight is 281 g/mol. The van der Waals surface area contributed by atoms with Crippen LogP contribution in [0.25, 0.3) is 0 Å². The minimum atomic E-state index is -3.27. The van der Waals surface area contributed by atoms with Gasteiger partial charge in [0.15, 0.2) is 9.84 Å². The summed E-state index contributed by atoms with van der Waals surface area (Å²) in [5.41, 5.74) is 0.533. The van der Waals surface area contributed by atoms with Gasteiger partial charge in [-0.3, -0.25) is 4.79 Å². The highest BCUT2D eigenvalue weighted by atomic mass is 79.9. The third kappa shape index (κ3) is 3.93. The molecule has 0 spiro atoms. The predicted octanol–water partition coefficient (Wildman–Crippen LogP) is 0.760. The minimum Gasteiger partial charge on any atom is -0.354 e. The summed E-state index contributed by atoms with van der Waals surface area (Å²) in [6, 6.07) is 1.64. The van der Waals surface area contributed by atoms with Crippen molar-refractivity contribution >= 4 is 37.4 Å². The van der Waals surface area contributed by atoms with Gasteiger partial charge in [0.25, 0.3) is 0 Å². The lowest BCUT2D eigenvalue weighted by Gasteiger charge is -1.99. The van der Waals surface area contributed by atoms with Crippen LogP contribution in [0.1, 0.15) is 0 Å². The fraction of sp³-hybridized carbons (Fsp3) is 0.286. The molecule has 0 aliphatic rings. The lowest BCUT2D eigenvalue weighted by atomic mass is 10.5. The Hall–Kier alpha value is -0.820. The lowest BCUT2D eigenvalue weighted by molar-refractivity contribution is -0.113. The Labute approximate surface area is 89.9 Å². The minimum absolute atomic E-state index is 0.504. The second kappa shape index (κ2) is 4.14. The maximum Gasteiger partial charge on any atom is 0.239 e. The lowest BCUT2D eigenvalue weighted by Crippen LogP contribution is -2.21. The largest absolute Gasteiger partial charge is 0.354 e. The SMILES string of the molecule is CS(=O)(=O)CC(=O)Nc1c[nH]c(Br)c1. The number of carbonyl (C=O) groups is 1. The summed E-state index contributed by atoms with van der Waals surface area (Å²) in [7, 11) is -3.27. The molecule has 2 N–H and O–H groups in total. The van der Waals surface area contributed by atoms with Gasteiger partial charge >= 0.3 is 0 Å². The summed E-state index contributed by atoms with van der Waals surface area (Å²) in [6.07, 6.45) is 2.57. The van der Waals surface area contributed by atoms with Crippen molar-refractivity contribution in [3.63, 3.8) is 0 Å². The van der Waals surface area contributed by atoms with Gasteiger partial charge in [-0.15, -0.1) is 0 Å². The molecule has 1 rings (SSSR count). The Kier molecular flexibility index (Phi) is 3.33. The normalized spacial score (nSPS) is 11.3. The van der Waals surface area contributed by atoms with E-state index < -0.39 is 21.5 Å². The van der Waals surface area contributed by atoms with Crippen LogP contribution in [0.2, 0.25) is 0 Å². The van der Waals surface area contributed by atoms with Gasteiger partial charge in [0, 0.05) is 12.5 Å². The van der Waals surface area contributed by atoms with Crippen molar-refractivity contribution in [2.75, 3.05) is 17.3 Å². The van der Waals surface area contributed by atoms with E-state index in [0.717, 1.165) is 6.26 Å². The van der Waals surface area contributed by atoms with Crippen molar-refractivity contribution in [2.45, 2.75) is 0 Å². The zero-order valence-electron chi connectivity index (χ0n) is 7.37. The van der Waals surface area contributed by atoms with Crippen LogP contribution in [-0.2, 0) is 14.6 Å². The summed E-state index contributed by atoms with van der Waals surface area (Å²) in [5.74, 6) is -1.05. The highest BCUT2D eigenvalue weighted by Gasteiger charge is 2.11. The number of H-pyrrole nitrogens is 1. The van der Waals surface area contributed by atoms with Gasteiger partial charge in [0.1, 0.15) is 5.75 Å². The number of sulfone groups is 1. The zero-order chi connectivity index (χ0) is 10.8. The highest BCUT2D eigenvalue weighted by molar-refractivity contribution is 9.10. The molecule has 0 saturated carbocycles. The molecule has 0 aliphatic carbocycles. The molecule has 1 heterocycles. The van der Waals surface area contributed by atoms with Crippen molar-refractivity contribution in [3.8, 4) is 0 Å². The first-order chi connectivity index (χ1) is 6.37. The molecule has 0 aliphatic heterocycles. The van der Waals surface area contributed by atoms with Crippen LogP contribution < -0.4 is 5.32 Å². The topological polar surface area (TPSA) is 79.0 Å². The number of rotatable bonds is 3. The molecule has 14 heavy (non-hydrogen) atoms. The number of carbonyl (C=O) groups excluding carboxylic acids is 1. The summed E-state index contributed by atoms with van der Waals surface area (Å²) < 4.78 is 22.2. The van der Waals surface area contributed by atoms with E-state index in [1.165, 1.54) is 0 Å². The molecule has 0 fully saturated rings. The van der Waals surface area contributed by atoms with Gasteiger partial charge in [0.05, 0.1) is 10.3 Å². The number of anilines is 1. The molecule has 0 bridgehead atoms. The molecule has 7 heteroatoms. The molecule has 0 unspecified atom stereocenters. The number of hydrogen-bond donors (Lipinski definition) is 2. The maximum atomic E-state index is 11.1. The molecule has 1 amide bonds. The average Bonchev–Trinajstić information content (AvgIpc) is 2.30.